The van der Waals surface area contributed by atoms with Crippen LogP contribution in [0.2, 0.25) is 0 Å². The number of nitriles is 1. The summed E-state index contributed by atoms with van der Waals surface area (Å²) in [6.45, 7) is 2.17. The molecule has 3 N–H and O–H groups in total. The normalized spacial score (nSPS) is 12.1. The molecule has 0 aliphatic rings. The van der Waals surface area contributed by atoms with Gasteiger partial charge in [0.2, 0.25) is 0 Å². The molecule has 0 heterocycles. The van der Waals surface area contributed by atoms with Crippen molar-refractivity contribution in [3.8, 4) is 11.8 Å². The second kappa shape index (κ2) is 3.92. The number of hydrogen-bond donors (Lipinski definition) is 2. The Morgan fingerprint density at radius 3 is 2.85 bits per heavy atom. The molecule has 0 saturated heterocycles. The fourth-order valence-corrected chi connectivity index (χ4v) is 1.15. The molecule has 68 valence electrons. The van der Waals surface area contributed by atoms with Crippen molar-refractivity contribution in [2.45, 2.75) is 19.4 Å². The maximum absolute atomic E-state index is 9.44. The molecule has 0 aromatic heterocycles. The van der Waals surface area contributed by atoms with E-state index >= 15 is 0 Å². The summed E-state index contributed by atoms with van der Waals surface area (Å²) in [4.78, 5) is 0. The molecule has 13 heavy (non-hydrogen) atoms. The molecule has 1 aromatic carbocycles. The van der Waals surface area contributed by atoms with E-state index in [1.54, 1.807) is 25.1 Å². The Balaban J connectivity index is 3.12. The first-order valence-electron chi connectivity index (χ1n) is 4.10. The van der Waals surface area contributed by atoms with Crippen molar-refractivity contribution >= 4 is 0 Å². The number of phenols is 1. The van der Waals surface area contributed by atoms with Gasteiger partial charge in [-0.15, -0.1) is 0 Å². The molecule has 0 saturated carbocycles. The molecule has 0 radical (unpaired) electrons. The minimum atomic E-state index is -0.300. The number of hydrogen-bond acceptors (Lipinski definition) is 3. The van der Waals surface area contributed by atoms with Crippen LogP contribution in [0.25, 0.3) is 0 Å². The van der Waals surface area contributed by atoms with E-state index in [0.29, 0.717) is 12.1 Å². The van der Waals surface area contributed by atoms with Crippen LogP contribution in [0.5, 0.6) is 5.75 Å². The van der Waals surface area contributed by atoms with Crippen molar-refractivity contribution in [2.24, 2.45) is 5.73 Å². The van der Waals surface area contributed by atoms with Crippen LogP contribution in [0.3, 0.4) is 0 Å². The van der Waals surface area contributed by atoms with Crippen molar-refractivity contribution < 1.29 is 5.11 Å². The van der Waals surface area contributed by atoms with E-state index in [0.717, 1.165) is 5.56 Å². The molecular formula is C10H12N2O. The van der Waals surface area contributed by atoms with Gasteiger partial charge in [-0.25, -0.2) is 0 Å². The third-order valence-electron chi connectivity index (χ3n) is 1.99. The van der Waals surface area contributed by atoms with Crippen LogP contribution in [0.4, 0.5) is 0 Å². The highest BCUT2D eigenvalue weighted by Gasteiger charge is 2.09. The van der Waals surface area contributed by atoms with Crippen molar-refractivity contribution in [1.82, 2.24) is 0 Å². The Kier molecular flexibility index (Phi) is 2.88. The van der Waals surface area contributed by atoms with Gasteiger partial charge in [-0.2, -0.15) is 5.26 Å². The lowest BCUT2D eigenvalue weighted by molar-refractivity contribution is 0.466. The third kappa shape index (κ3) is 1.98. The fraction of sp³-hybridized carbons (Fsp3) is 0.300. The fourth-order valence-electron chi connectivity index (χ4n) is 1.15. The first kappa shape index (κ1) is 9.56. The van der Waals surface area contributed by atoms with Crippen molar-refractivity contribution in [3.63, 3.8) is 0 Å². The van der Waals surface area contributed by atoms with Gasteiger partial charge in [0.05, 0.1) is 12.0 Å². The summed E-state index contributed by atoms with van der Waals surface area (Å²) >= 11 is 0. The lowest BCUT2D eigenvalue weighted by Crippen LogP contribution is -1.98. The smallest absolute Gasteiger partial charge is 0.120 e. The molecule has 0 amide bonds. The first-order valence-corrected chi connectivity index (χ1v) is 4.10. The summed E-state index contributed by atoms with van der Waals surface area (Å²) < 4.78 is 0. The van der Waals surface area contributed by atoms with Gasteiger partial charge in [-0.05, 0) is 24.6 Å². The topological polar surface area (TPSA) is 70.0 Å². The molecule has 0 spiro atoms. The Morgan fingerprint density at radius 2 is 2.31 bits per heavy atom. The molecule has 0 bridgehead atoms. The summed E-state index contributed by atoms with van der Waals surface area (Å²) in [7, 11) is 0. The van der Waals surface area contributed by atoms with Crippen LogP contribution in [0, 0.1) is 11.3 Å². The van der Waals surface area contributed by atoms with Gasteiger partial charge >= 0.3 is 0 Å². The van der Waals surface area contributed by atoms with Crippen molar-refractivity contribution in [1.29, 1.82) is 5.26 Å². The van der Waals surface area contributed by atoms with E-state index in [-0.39, 0.29) is 11.7 Å². The maximum Gasteiger partial charge on any atom is 0.120 e. The predicted molar refractivity (Wildman–Crippen MR) is 50.0 cm³/mol. The Bertz CT molecular complexity index is 341. The average Bonchev–Trinajstić information content (AvgIpc) is 2.17. The maximum atomic E-state index is 9.44. The number of nitrogens with two attached hydrogens (primary N) is 1. The van der Waals surface area contributed by atoms with E-state index < -0.39 is 0 Å². The largest absolute Gasteiger partial charge is 0.508 e. The highest BCUT2D eigenvalue weighted by molar-refractivity contribution is 5.40. The van der Waals surface area contributed by atoms with E-state index in [2.05, 4.69) is 6.07 Å². The van der Waals surface area contributed by atoms with Gasteiger partial charge in [-0.1, -0.05) is 6.07 Å². The lowest BCUT2D eigenvalue weighted by Gasteiger charge is -2.07. The lowest BCUT2D eigenvalue weighted by atomic mass is 9.99. The zero-order chi connectivity index (χ0) is 9.84. The number of benzene rings is 1. The molecule has 1 atom stereocenters. The number of nitrogens with zero attached hydrogens (tertiary/aromatic N) is 1. The second-order valence-corrected chi connectivity index (χ2v) is 2.95. The summed E-state index contributed by atoms with van der Waals surface area (Å²) in [6.07, 6.45) is 0. The number of phenolic OH excluding ortho intramolecular Hbond substituents is 1. The summed E-state index contributed by atoms with van der Waals surface area (Å²) in [5, 5.41) is 18.1. The summed E-state index contributed by atoms with van der Waals surface area (Å²) in [5.41, 5.74) is 7.02. The predicted octanol–water partition coefficient (Wildman–Crippen LogP) is 1.48. The number of rotatable bonds is 2. The van der Waals surface area contributed by atoms with E-state index in [9.17, 15) is 5.11 Å². The van der Waals surface area contributed by atoms with Crippen LogP contribution in [-0.4, -0.2) is 5.11 Å². The molecule has 0 aliphatic heterocycles. The van der Waals surface area contributed by atoms with Crippen LogP contribution in [0.1, 0.15) is 24.0 Å². The minimum absolute atomic E-state index is 0.159. The molecule has 0 fully saturated rings. The van der Waals surface area contributed by atoms with E-state index in [4.69, 9.17) is 11.0 Å². The molecular weight excluding hydrogens is 164 g/mol. The molecule has 0 aliphatic carbocycles. The van der Waals surface area contributed by atoms with Crippen molar-refractivity contribution in [3.05, 3.63) is 29.3 Å². The van der Waals surface area contributed by atoms with Crippen LogP contribution in [0.15, 0.2) is 18.2 Å². The molecule has 1 aromatic rings. The monoisotopic (exact) mass is 176 g/mol. The van der Waals surface area contributed by atoms with Crippen LogP contribution < -0.4 is 5.73 Å². The molecule has 3 nitrogen and oxygen atoms in total. The average molecular weight is 176 g/mol. The SMILES string of the molecule is CC(C#N)c1cc(CN)ccc1O. The van der Waals surface area contributed by atoms with Crippen LogP contribution in [-0.2, 0) is 6.54 Å². The van der Waals surface area contributed by atoms with Gasteiger partial charge < -0.3 is 10.8 Å². The van der Waals surface area contributed by atoms with E-state index in [1.807, 2.05) is 0 Å². The summed E-state index contributed by atoms with van der Waals surface area (Å²) in [6, 6.07) is 7.17. The second-order valence-electron chi connectivity index (χ2n) is 2.95. The van der Waals surface area contributed by atoms with Crippen LogP contribution >= 0.6 is 0 Å². The Morgan fingerprint density at radius 1 is 1.62 bits per heavy atom. The number of aromatic hydroxyl groups is 1. The zero-order valence-corrected chi connectivity index (χ0v) is 7.49. The standard InChI is InChI=1S/C10H12N2O/c1-7(5-11)9-4-8(6-12)2-3-10(9)13/h2-4,7,13H,6,12H2,1H3. The molecule has 1 rings (SSSR count). The zero-order valence-electron chi connectivity index (χ0n) is 7.49. The van der Waals surface area contributed by atoms with Gasteiger partial charge in [-0.3, -0.25) is 0 Å². The minimum Gasteiger partial charge on any atom is -0.508 e. The van der Waals surface area contributed by atoms with E-state index in [1.165, 1.54) is 0 Å². The van der Waals surface area contributed by atoms with Gasteiger partial charge in [0.25, 0.3) is 0 Å². The molecule has 3 heteroatoms. The van der Waals surface area contributed by atoms with Gasteiger partial charge in [0.1, 0.15) is 5.75 Å². The highest BCUT2D eigenvalue weighted by atomic mass is 16.3. The quantitative estimate of drug-likeness (QED) is 0.717. The third-order valence-corrected chi connectivity index (χ3v) is 1.99. The van der Waals surface area contributed by atoms with Gasteiger partial charge in [0, 0.05) is 12.1 Å². The van der Waals surface area contributed by atoms with Gasteiger partial charge in [0.15, 0.2) is 0 Å². The Hall–Kier alpha value is -1.53. The Labute approximate surface area is 77.4 Å². The molecule has 1 unspecified atom stereocenters. The summed E-state index contributed by atoms with van der Waals surface area (Å²) in [5.74, 6) is -0.141. The highest BCUT2D eigenvalue weighted by Crippen LogP contribution is 2.25. The first-order chi connectivity index (χ1) is 6.19. The van der Waals surface area contributed by atoms with Crippen molar-refractivity contribution in [2.75, 3.05) is 0 Å².